The van der Waals surface area contributed by atoms with Crippen molar-refractivity contribution in [3.05, 3.63) is 53.6 Å². The summed E-state index contributed by atoms with van der Waals surface area (Å²) in [6.45, 7) is 4.36. The summed E-state index contributed by atoms with van der Waals surface area (Å²) in [6.07, 6.45) is 2.20. The molecule has 2 amide bonds. The van der Waals surface area contributed by atoms with Gasteiger partial charge in [-0.25, -0.2) is 0 Å². The summed E-state index contributed by atoms with van der Waals surface area (Å²) in [7, 11) is 1.56. The number of benzene rings is 2. The summed E-state index contributed by atoms with van der Waals surface area (Å²) < 4.78 is 10.9. The lowest BCUT2D eigenvalue weighted by Gasteiger charge is -2.22. The van der Waals surface area contributed by atoms with E-state index >= 15 is 0 Å². The summed E-state index contributed by atoms with van der Waals surface area (Å²) in [4.78, 5) is 26.8. The number of aryl methyl sites for hydroxylation is 2. The fourth-order valence-electron chi connectivity index (χ4n) is 3.12. The van der Waals surface area contributed by atoms with E-state index in [1.807, 2.05) is 44.2 Å². The summed E-state index contributed by atoms with van der Waals surface area (Å²) in [5.74, 6) is 0.910. The first-order valence-electron chi connectivity index (χ1n) is 9.90. The number of para-hydroxylation sites is 2. The van der Waals surface area contributed by atoms with Gasteiger partial charge in [0.1, 0.15) is 0 Å². The zero-order valence-electron chi connectivity index (χ0n) is 17.2. The van der Waals surface area contributed by atoms with E-state index in [0.29, 0.717) is 18.0 Å². The van der Waals surface area contributed by atoms with E-state index in [-0.39, 0.29) is 30.9 Å². The zero-order valence-corrected chi connectivity index (χ0v) is 17.2. The molecule has 0 aliphatic heterocycles. The minimum atomic E-state index is -0.114. The van der Waals surface area contributed by atoms with Crippen LogP contribution in [0.1, 0.15) is 30.4 Å². The van der Waals surface area contributed by atoms with E-state index in [9.17, 15) is 9.59 Å². The highest BCUT2D eigenvalue weighted by atomic mass is 16.5. The van der Waals surface area contributed by atoms with Gasteiger partial charge in [0.25, 0.3) is 5.91 Å². The van der Waals surface area contributed by atoms with Gasteiger partial charge in [0.05, 0.1) is 7.11 Å². The molecular weight excluding hydrogens is 368 g/mol. The minimum absolute atomic E-state index is 0.0738. The van der Waals surface area contributed by atoms with E-state index in [2.05, 4.69) is 5.32 Å². The Morgan fingerprint density at radius 3 is 2.45 bits per heavy atom. The quantitative estimate of drug-likeness (QED) is 0.702. The van der Waals surface area contributed by atoms with Crippen LogP contribution in [0, 0.1) is 13.8 Å². The lowest BCUT2D eigenvalue weighted by Crippen LogP contribution is -2.38. The molecule has 29 heavy (non-hydrogen) atoms. The monoisotopic (exact) mass is 396 g/mol. The van der Waals surface area contributed by atoms with Crippen LogP contribution in [0.5, 0.6) is 11.5 Å². The Morgan fingerprint density at radius 2 is 1.79 bits per heavy atom. The van der Waals surface area contributed by atoms with E-state index in [0.717, 1.165) is 24.1 Å². The molecule has 154 valence electrons. The molecule has 0 bridgehead atoms. The van der Waals surface area contributed by atoms with Crippen LogP contribution in [-0.2, 0) is 9.59 Å². The third-order valence-electron chi connectivity index (χ3n) is 5.10. The zero-order chi connectivity index (χ0) is 20.8. The number of carbonyl (C=O) groups excluding carboxylic acids is 2. The van der Waals surface area contributed by atoms with E-state index < -0.39 is 0 Å². The number of rotatable bonds is 9. The fraction of sp³-hybridized carbons (Fsp3) is 0.391. The lowest BCUT2D eigenvalue weighted by atomic mass is 10.1. The summed E-state index contributed by atoms with van der Waals surface area (Å²) in [5, 5.41) is 2.91. The van der Waals surface area contributed by atoms with Crippen molar-refractivity contribution >= 4 is 17.5 Å². The number of amides is 2. The second-order valence-electron chi connectivity index (χ2n) is 7.36. The highest BCUT2D eigenvalue weighted by Gasteiger charge is 2.32. The van der Waals surface area contributed by atoms with Crippen molar-refractivity contribution in [2.24, 2.45) is 0 Å². The summed E-state index contributed by atoms with van der Waals surface area (Å²) in [5.41, 5.74) is 3.09. The average Bonchev–Trinajstić information content (AvgIpc) is 3.54. The maximum atomic E-state index is 12.7. The highest BCUT2D eigenvalue weighted by molar-refractivity contribution is 5.91. The second kappa shape index (κ2) is 9.45. The Hall–Kier alpha value is -3.02. The molecule has 6 heteroatoms. The molecule has 1 fully saturated rings. The highest BCUT2D eigenvalue weighted by Crippen LogP contribution is 2.29. The normalized spacial score (nSPS) is 12.9. The first kappa shape index (κ1) is 20.7. The molecule has 0 radical (unpaired) electrons. The molecule has 2 aromatic carbocycles. The number of carbonyl (C=O) groups is 2. The first-order valence-corrected chi connectivity index (χ1v) is 9.90. The van der Waals surface area contributed by atoms with Crippen LogP contribution in [0.25, 0.3) is 0 Å². The maximum Gasteiger partial charge on any atom is 0.260 e. The molecule has 1 N–H and O–H groups in total. The molecular formula is C23H28N2O4. The van der Waals surface area contributed by atoms with Crippen LogP contribution in [0.2, 0.25) is 0 Å². The Bertz CT molecular complexity index is 877. The molecule has 2 aromatic rings. The molecule has 0 aromatic heterocycles. The smallest absolute Gasteiger partial charge is 0.260 e. The predicted molar refractivity (Wildman–Crippen MR) is 112 cm³/mol. The number of nitrogens with zero attached hydrogens (tertiary/aromatic N) is 1. The first-order chi connectivity index (χ1) is 14.0. The van der Waals surface area contributed by atoms with Gasteiger partial charge in [-0.05, 0) is 62.1 Å². The van der Waals surface area contributed by atoms with Crippen molar-refractivity contribution in [1.82, 2.24) is 4.90 Å². The number of methoxy groups -OCH3 is 1. The Kier molecular flexibility index (Phi) is 6.75. The summed E-state index contributed by atoms with van der Waals surface area (Å²) in [6, 6.07) is 13.3. The van der Waals surface area contributed by atoms with Gasteiger partial charge in [-0.15, -0.1) is 0 Å². The van der Waals surface area contributed by atoms with Crippen molar-refractivity contribution in [2.45, 2.75) is 39.2 Å². The van der Waals surface area contributed by atoms with Gasteiger partial charge in [-0.2, -0.15) is 0 Å². The Balaban J connectivity index is 1.52. The molecule has 1 saturated carbocycles. The van der Waals surface area contributed by atoms with Crippen molar-refractivity contribution < 1.29 is 19.1 Å². The molecule has 1 aliphatic rings. The number of hydrogen-bond acceptors (Lipinski definition) is 4. The molecule has 0 atom stereocenters. The average molecular weight is 396 g/mol. The topological polar surface area (TPSA) is 67.9 Å². The van der Waals surface area contributed by atoms with Gasteiger partial charge < -0.3 is 19.7 Å². The summed E-state index contributed by atoms with van der Waals surface area (Å²) >= 11 is 0. The number of nitrogens with one attached hydrogen (secondary N) is 1. The van der Waals surface area contributed by atoms with Crippen LogP contribution in [0.3, 0.4) is 0 Å². The molecule has 1 aliphatic carbocycles. The van der Waals surface area contributed by atoms with Crippen LogP contribution in [0.15, 0.2) is 42.5 Å². The predicted octanol–water partition coefficient (Wildman–Crippen LogP) is 3.71. The molecule has 0 heterocycles. The number of hydrogen-bond donors (Lipinski definition) is 1. The minimum Gasteiger partial charge on any atom is -0.493 e. The van der Waals surface area contributed by atoms with Crippen LogP contribution >= 0.6 is 0 Å². The van der Waals surface area contributed by atoms with Crippen molar-refractivity contribution in [2.75, 3.05) is 25.6 Å². The molecule has 3 rings (SSSR count). The van der Waals surface area contributed by atoms with Crippen LogP contribution in [-0.4, -0.2) is 43.0 Å². The Labute approximate surface area is 171 Å². The van der Waals surface area contributed by atoms with Gasteiger partial charge in [0, 0.05) is 24.7 Å². The number of anilines is 1. The standard InChI is InChI=1S/C23H28N2O4/c1-16-8-9-18(14-17(16)2)24-22(26)12-13-25(19-10-11-19)23(27)15-29-21-7-5-4-6-20(21)28-3/h4-9,14,19H,10-13,15H2,1-3H3,(H,24,26). The Morgan fingerprint density at radius 1 is 1.07 bits per heavy atom. The van der Waals surface area contributed by atoms with Gasteiger partial charge in [-0.1, -0.05) is 18.2 Å². The van der Waals surface area contributed by atoms with Gasteiger partial charge in [0.15, 0.2) is 18.1 Å². The van der Waals surface area contributed by atoms with E-state index in [1.54, 1.807) is 24.1 Å². The lowest BCUT2D eigenvalue weighted by molar-refractivity contribution is -0.134. The molecule has 0 spiro atoms. The number of ether oxygens (including phenoxy) is 2. The van der Waals surface area contributed by atoms with Crippen molar-refractivity contribution in [3.63, 3.8) is 0 Å². The van der Waals surface area contributed by atoms with Crippen molar-refractivity contribution in [3.8, 4) is 11.5 Å². The van der Waals surface area contributed by atoms with E-state index in [4.69, 9.17) is 9.47 Å². The second-order valence-corrected chi connectivity index (χ2v) is 7.36. The molecule has 0 unspecified atom stereocenters. The van der Waals surface area contributed by atoms with Crippen LogP contribution < -0.4 is 14.8 Å². The van der Waals surface area contributed by atoms with E-state index in [1.165, 1.54) is 5.56 Å². The fourth-order valence-corrected chi connectivity index (χ4v) is 3.12. The maximum absolute atomic E-state index is 12.7. The van der Waals surface area contributed by atoms with Crippen molar-refractivity contribution in [1.29, 1.82) is 0 Å². The molecule has 6 nitrogen and oxygen atoms in total. The van der Waals surface area contributed by atoms with Gasteiger partial charge in [-0.3, -0.25) is 9.59 Å². The third kappa shape index (κ3) is 5.73. The van der Waals surface area contributed by atoms with Gasteiger partial charge >= 0.3 is 0 Å². The third-order valence-corrected chi connectivity index (χ3v) is 5.10. The SMILES string of the molecule is COc1ccccc1OCC(=O)N(CCC(=O)Nc1ccc(C)c(C)c1)C1CC1. The largest absolute Gasteiger partial charge is 0.493 e. The van der Waals surface area contributed by atoms with Crippen LogP contribution in [0.4, 0.5) is 5.69 Å². The van der Waals surface area contributed by atoms with Gasteiger partial charge in [0.2, 0.25) is 5.91 Å². The molecule has 0 saturated heterocycles.